The van der Waals surface area contributed by atoms with Gasteiger partial charge >= 0.3 is 0 Å². The number of hydrogen-bond donors (Lipinski definition) is 2. The second-order valence-corrected chi connectivity index (χ2v) is 6.22. The van der Waals surface area contributed by atoms with Gasteiger partial charge in [0.05, 0.1) is 6.54 Å². The molecule has 0 aliphatic heterocycles. The zero-order chi connectivity index (χ0) is 11.7. The molecule has 3 aliphatic carbocycles. The lowest BCUT2D eigenvalue weighted by Crippen LogP contribution is -2.37. The molecule has 0 aromatic rings. The predicted molar refractivity (Wildman–Crippen MR) is 67.5 cm³/mol. The third kappa shape index (κ3) is 3.70. The van der Waals surface area contributed by atoms with Gasteiger partial charge < -0.3 is 10.6 Å². The van der Waals surface area contributed by atoms with Crippen LogP contribution in [0.4, 0.5) is 0 Å². The van der Waals surface area contributed by atoms with Crippen molar-refractivity contribution in [2.75, 3.05) is 19.6 Å². The summed E-state index contributed by atoms with van der Waals surface area (Å²) in [6, 6.07) is 0. The van der Waals surface area contributed by atoms with Crippen LogP contribution in [-0.2, 0) is 4.79 Å². The topological polar surface area (TPSA) is 41.1 Å². The van der Waals surface area contributed by atoms with Gasteiger partial charge in [0.25, 0.3) is 0 Å². The SMILES string of the molecule is O=C(CNCC(C1CC1)C1CC1)NCC1CC1. The second kappa shape index (κ2) is 4.97. The molecule has 1 amide bonds. The average Bonchev–Trinajstić information content (AvgIpc) is 3.16. The van der Waals surface area contributed by atoms with E-state index < -0.39 is 0 Å². The van der Waals surface area contributed by atoms with E-state index in [0.717, 1.165) is 36.8 Å². The molecule has 3 nitrogen and oxygen atoms in total. The van der Waals surface area contributed by atoms with Gasteiger partial charge in [-0.1, -0.05) is 0 Å². The van der Waals surface area contributed by atoms with E-state index in [0.29, 0.717) is 6.54 Å². The summed E-state index contributed by atoms with van der Waals surface area (Å²) in [4.78, 5) is 11.6. The fraction of sp³-hybridized carbons (Fsp3) is 0.929. The summed E-state index contributed by atoms with van der Waals surface area (Å²) in [6.07, 6.45) is 8.32. The Labute approximate surface area is 104 Å². The van der Waals surface area contributed by atoms with Crippen molar-refractivity contribution in [3.63, 3.8) is 0 Å². The van der Waals surface area contributed by atoms with Gasteiger partial charge in [0.1, 0.15) is 0 Å². The van der Waals surface area contributed by atoms with Crippen LogP contribution in [0.3, 0.4) is 0 Å². The Morgan fingerprint density at radius 1 is 1.06 bits per heavy atom. The van der Waals surface area contributed by atoms with Gasteiger partial charge in [0, 0.05) is 6.54 Å². The molecule has 0 saturated heterocycles. The largest absolute Gasteiger partial charge is 0.355 e. The molecule has 3 rings (SSSR count). The summed E-state index contributed by atoms with van der Waals surface area (Å²) < 4.78 is 0. The fourth-order valence-corrected chi connectivity index (χ4v) is 2.76. The summed E-state index contributed by atoms with van der Waals surface area (Å²) in [5.74, 6) is 3.78. The minimum atomic E-state index is 0.183. The molecule has 0 atom stereocenters. The van der Waals surface area contributed by atoms with E-state index in [4.69, 9.17) is 0 Å². The molecule has 0 unspecified atom stereocenters. The monoisotopic (exact) mass is 236 g/mol. The van der Waals surface area contributed by atoms with Crippen LogP contribution < -0.4 is 10.6 Å². The number of nitrogens with one attached hydrogen (secondary N) is 2. The van der Waals surface area contributed by atoms with Crippen molar-refractivity contribution in [1.82, 2.24) is 10.6 Å². The minimum Gasteiger partial charge on any atom is -0.355 e. The Balaban J connectivity index is 1.28. The smallest absolute Gasteiger partial charge is 0.233 e. The first-order chi connectivity index (χ1) is 8.33. The maximum atomic E-state index is 11.6. The fourth-order valence-electron chi connectivity index (χ4n) is 2.76. The zero-order valence-electron chi connectivity index (χ0n) is 10.6. The molecule has 2 N–H and O–H groups in total. The second-order valence-electron chi connectivity index (χ2n) is 6.22. The quantitative estimate of drug-likeness (QED) is 0.671. The van der Waals surface area contributed by atoms with Crippen LogP contribution >= 0.6 is 0 Å². The Bertz CT molecular complexity index is 268. The van der Waals surface area contributed by atoms with Crippen molar-refractivity contribution in [3.8, 4) is 0 Å². The van der Waals surface area contributed by atoms with E-state index in [1.165, 1.54) is 38.5 Å². The third-order valence-corrected chi connectivity index (χ3v) is 4.41. The molecule has 0 aromatic carbocycles. The Morgan fingerprint density at radius 2 is 1.71 bits per heavy atom. The number of hydrogen-bond acceptors (Lipinski definition) is 2. The first-order valence-electron chi connectivity index (χ1n) is 7.30. The minimum absolute atomic E-state index is 0.183. The predicted octanol–water partition coefficient (Wildman–Crippen LogP) is 1.54. The van der Waals surface area contributed by atoms with Crippen LogP contribution in [0.1, 0.15) is 38.5 Å². The van der Waals surface area contributed by atoms with E-state index in [9.17, 15) is 4.79 Å². The van der Waals surface area contributed by atoms with Crippen molar-refractivity contribution < 1.29 is 4.79 Å². The molecule has 3 heteroatoms. The van der Waals surface area contributed by atoms with Crippen LogP contribution in [-0.4, -0.2) is 25.5 Å². The van der Waals surface area contributed by atoms with Crippen molar-refractivity contribution in [2.24, 2.45) is 23.7 Å². The average molecular weight is 236 g/mol. The van der Waals surface area contributed by atoms with Crippen LogP contribution in [0.2, 0.25) is 0 Å². The van der Waals surface area contributed by atoms with Gasteiger partial charge in [-0.3, -0.25) is 4.79 Å². The Kier molecular flexibility index (Phi) is 3.37. The highest BCUT2D eigenvalue weighted by Crippen LogP contribution is 2.48. The first-order valence-corrected chi connectivity index (χ1v) is 7.30. The molecule has 0 aromatic heterocycles. The van der Waals surface area contributed by atoms with Crippen molar-refractivity contribution in [1.29, 1.82) is 0 Å². The highest BCUT2D eigenvalue weighted by atomic mass is 16.1. The lowest BCUT2D eigenvalue weighted by atomic mass is 9.98. The van der Waals surface area contributed by atoms with Crippen molar-refractivity contribution in [2.45, 2.75) is 38.5 Å². The van der Waals surface area contributed by atoms with Crippen molar-refractivity contribution >= 4 is 5.91 Å². The molecule has 0 heterocycles. The van der Waals surface area contributed by atoms with Gasteiger partial charge in [-0.05, 0) is 68.7 Å². The van der Waals surface area contributed by atoms with Crippen LogP contribution in [0, 0.1) is 23.7 Å². The van der Waals surface area contributed by atoms with Gasteiger partial charge in [0.15, 0.2) is 0 Å². The van der Waals surface area contributed by atoms with Crippen LogP contribution in [0.5, 0.6) is 0 Å². The molecule has 17 heavy (non-hydrogen) atoms. The molecule has 3 saturated carbocycles. The summed E-state index contributed by atoms with van der Waals surface area (Å²) in [6.45, 7) is 2.48. The molecule has 0 spiro atoms. The standard InChI is InChI=1S/C14H24N2O/c17-14(16-7-10-1-2-10)9-15-8-13(11-3-4-11)12-5-6-12/h10-13,15H,1-9H2,(H,16,17). The lowest BCUT2D eigenvalue weighted by molar-refractivity contribution is -0.120. The van der Waals surface area contributed by atoms with E-state index in [-0.39, 0.29) is 5.91 Å². The molecular formula is C14H24N2O. The number of amides is 1. The maximum absolute atomic E-state index is 11.6. The molecule has 96 valence electrons. The molecular weight excluding hydrogens is 212 g/mol. The van der Waals surface area contributed by atoms with E-state index >= 15 is 0 Å². The number of rotatable bonds is 8. The van der Waals surface area contributed by atoms with E-state index in [1.54, 1.807) is 0 Å². The summed E-state index contributed by atoms with van der Waals surface area (Å²) in [5.41, 5.74) is 0. The van der Waals surface area contributed by atoms with Gasteiger partial charge in [0.2, 0.25) is 5.91 Å². The summed E-state index contributed by atoms with van der Waals surface area (Å²) >= 11 is 0. The maximum Gasteiger partial charge on any atom is 0.233 e. The molecule has 0 bridgehead atoms. The highest BCUT2D eigenvalue weighted by molar-refractivity contribution is 5.77. The van der Waals surface area contributed by atoms with Gasteiger partial charge in [-0.2, -0.15) is 0 Å². The zero-order valence-corrected chi connectivity index (χ0v) is 10.6. The number of carbonyl (C=O) groups is 1. The Morgan fingerprint density at radius 3 is 2.24 bits per heavy atom. The number of carbonyl (C=O) groups excluding carboxylic acids is 1. The third-order valence-electron chi connectivity index (χ3n) is 4.41. The molecule has 3 fully saturated rings. The first kappa shape index (κ1) is 11.5. The highest BCUT2D eigenvalue weighted by Gasteiger charge is 2.40. The van der Waals surface area contributed by atoms with Crippen molar-refractivity contribution in [3.05, 3.63) is 0 Å². The summed E-state index contributed by atoms with van der Waals surface area (Å²) in [5, 5.41) is 6.37. The van der Waals surface area contributed by atoms with Gasteiger partial charge in [-0.15, -0.1) is 0 Å². The normalized spacial score (nSPS) is 24.1. The molecule has 0 radical (unpaired) electrons. The van der Waals surface area contributed by atoms with Gasteiger partial charge in [-0.25, -0.2) is 0 Å². The van der Waals surface area contributed by atoms with Crippen LogP contribution in [0.25, 0.3) is 0 Å². The Hall–Kier alpha value is -0.570. The van der Waals surface area contributed by atoms with E-state index in [2.05, 4.69) is 10.6 Å². The molecule has 3 aliphatic rings. The van der Waals surface area contributed by atoms with Crippen LogP contribution in [0.15, 0.2) is 0 Å². The van der Waals surface area contributed by atoms with E-state index in [1.807, 2.05) is 0 Å². The lowest BCUT2D eigenvalue weighted by Gasteiger charge is -2.16. The summed E-state index contributed by atoms with van der Waals surface area (Å²) in [7, 11) is 0.